The molecule has 0 spiro atoms. The lowest BCUT2D eigenvalue weighted by Crippen LogP contribution is -2.49. The van der Waals surface area contributed by atoms with Gasteiger partial charge in [-0.1, -0.05) is 36.8 Å². The van der Waals surface area contributed by atoms with Crippen molar-refractivity contribution in [3.63, 3.8) is 0 Å². The SMILES string of the molecule is CCC(C(=O)NCCSc1ccc(C)cc1)N(c1cccc(C)c1)S(C)(=O)=O. The quantitative estimate of drug-likeness (QED) is 0.496. The summed E-state index contributed by atoms with van der Waals surface area (Å²) in [5.74, 6) is 0.438. The molecule has 0 radical (unpaired) electrons. The summed E-state index contributed by atoms with van der Waals surface area (Å²) in [6, 6.07) is 14.6. The zero-order valence-electron chi connectivity index (χ0n) is 16.8. The summed E-state index contributed by atoms with van der Waals surface area (Å²) in [5.41, 5.74) is 2.66. The third-order valence-corrected chi connectivity index (χ3v) is 6.47. The van der Waals surface area contributed by atoms with Crippen LogP contribution >= 0.6 is 11.8 Å². The third-order valence-electron chi connectivity index (χ3n) is 4.28. The number of amides is 1. The molecule has 2 rings (SSSR count). The lowest BCUT2D eigenvalue weighted by Gasteiger charge is -2.30. The molecule has 0 aliphatic carbocycles. The second kappa shape index (κ2) is 9.98. The van der Waals surface area contributed by atoms with Crippen LogP contribution in [0.4, 0.5) is 5.69 Å². The zero-order chi connectivity index (χ0) is 20.7. The third kappa shape index (κ3) is 6.27. The number of sulfonamides is 1. The maximum atomic E-state index is 12.8. The predicted molar refractivity (Wildman–Crippen MR) is 117 cm³/mol. The van der Waals surface area contributed by atoms with Gasteiger partial charge in [-0.15, -0.1) is 11.8 Å². The van der Waals surface area contributed by atoms with Crippen LogP contribution in [-0.4, -0.2) is 38.9 Å². The van der Waals surface area contributed by atoms with Crippen molar-refractivity contribution in [1.29, 1.82) is 0 Å². The summed E-state index contributed by atoms with van der Waals surface area (Å²) in [7, 11) is -3.60. The van der Waals surface area contributed by atoms with Crippen molar-refractivity contribution in [2.75, 3.05) is 22.9 Å². The first-order valence-electron chi connectivity index (χ1n) is 9.25. The van der Waals surface area contributed by atoms with E-state index in [2.05, 4.69) is 29.6 Å². The minimum atomic E-state index is -3.60. The molecule has 1 atom stereocenters. The van der Waals surface area contributed by atoms with Crippen LogP contribution in [0.3, 0.4) is 0 Å². The van der Waals surface area contributed by atoms with Gasteiger partial charge in [0.15, 0.2) is 0 Å². The molecule has 7 heteroatoms. The Hall–Kier alpha value is -1.99. The van der Waals surface area contributed by atoms with Gasteiger partial charge in [-0.3, -0.25) is 9.10 Å². The topological polar surface area (TPSA) is 66.5 Å². The average molecular weight is 421 g/mol. The van der Waals surface area contributed by atoms with Gasteiger partial charge in [-0.05, 0) is 50.1 Å². The fraction of sp³-hybridized carbons (Fsp3) is 0.381. The number of nitrogens with zero attached hydrogens (tertiary/aromatic N) is 1. The first-order valence-corrected chi connectivity index (χ1v) is 12.1. The van der Waals surface area contributed by atoms with Crippen LogP contribution in [0, 0.1) is 13.8 Å². The van der Waals surface area contributed by atoms with Crippen LogP contribution in [0.15, 0.2) is 53.4 Å². The highest BCUT2D eigenvalue weighted by Crippen LogP contribution is 2.23. The van der Waals surface area contributed by atoms with Gasteiger partial charge < -0.3 is 5.32 Å². The van der Waals surface area contributed by atoms with Crippen molar-refractivity contribution >= 4 is 33.4 Å². The van der Waals surface area contributed by atoms with E-state index in [1.54, 1.807) is 30.0 Å². The molecule has 2 aromatic carbocycles. The summed E-state index contributed by atoms with van der Waals surface area (Å²) in [6.45, 7) is 6.23. The van der Waals surface area contributed by atoms with Gasteiger partial charge in [0, 0.05) is 17.2 Å². The van der Waals surface area contributed by atoms with E-state index in [9.17, 15) is 13.2 Å². The maximum Gasteiger partial charge on any atom is 0.243 e. The molecule has 1 amide bonds. The van der Waals surface area contributed by atoms with E-state index in [0.717, 1.165) is 16.7 Å². The van der Waals surface area contributed by atoms with Gasteiger partial charge in [0.05, 0.1) is 11.9 Å². The smallest absolute Gasteiger partial charge is 0.243 e. The lowest BCUT2D eigenvalue weighted by atomic mass is 10.1. The fourth-order valence-electron chi connectivity index (χ4n) is 2.92. The van der Waals surface area contributed by atoms with Gasteiger partial charge in [0.2, 0.25) is 15.9 Å². The molecule has 0 saturated heterocycles. The molecule has 0 aromatic heterocycles. The van der Waals surface area contributed by atoms with E-state index >= 15 is 0 Å². The fourth-order valence-corrected chi connectivity index (χ4v) is 4.89. The number of nitrogens with one attached hydrogen (secondary N) is 1. The molecular formula is C21H28N2O3S2. The summed E-state index contributed by atoms with van der Waals surface area (Å²) < 4.78 is 26.1. The number of thioether (sulfide) groups is 1. The number of carbonyl (C=O) groups is 1. The highest BCUT2D eigenvalue weighted by molar-refractivity contribution is 7.99. The molecule has 152 valence electrons. The molecule has 0 aliphatic rings. The molecule has 0 saturated carbocycles. The zero-order valence-corrected chi connectivity index (χ0v) is 18.4. The molecule has 28 heavy (non-hydrogen) atoms. The standard InChI is InChI=1S/C21H28N2O3S2/c1-5-20(23(28(4,25)26)18-8-6-7-17(3)15-18)21(24)22-13-14-27-19-11-9-16(2)10-12-19/h6-12,15,20H,5,13-14H2,1-4H3,(H,22,24). The molecular weight excluding hydrogens is 392 g/mol. The Balaban J connectivity index is 2.04. The molecule has 5 nitrogen and oxygen atoms in total. The molecule has 0 bridgehead atoms. The number of benzene rings is 2. The minimum Gasteiger partial charge on any atom is -0.353 e. The van der Waals surface area contributed by atoms with Crippen LogP contribution in [0.2, 0.25) is 0 Å². The Bertz CT molecular complexity index is 896. The number of hydrogen-bond acceptors (Lipinski definition) is 4. The van der Waals surface area contributed by atoms with E-state index in [-0.39, 0.29) is 5.91 Å². The number of rotatable bonds is 9. The summed E-state index contributed by atoms with van der Waals surface area (Å²) in [6.07, 6.45) is 1.52. The maximum absolute atomic E-state index is 12.8. The lowest BCUT2D eigenvalue weighted by molar-refractivity contribution is -0.122. The van der Waals surface area contributed by atoms with Crippen molar-refractivity contribution < 1.29 is 13.2 Å². The van der Waals surface area contributed by atoms with Crippen molar-refractivity contribution in [2.45, 2.75) is 38.1 Å². The molecule has 2 aromatic rings. The van der Waals surface area contributed by atoms with Crippen LogP contribution in [0.1, 0.15) is 24.5 Å². The summed E-state index contributed by atoms with van der Waals surface area (Å²) >= 11 is 1.66. The predicted octanol–water partition coefficient (Wildman–Crippen LogP) is 3.76. The highest BCUT2D eigenvalue weighted by Gasteiger charge is 2.31. The Labute approximate surface area is 172 Å². The van der Waals surface area contributed by atoms with Gasteiger partial charge >= 0.3 is 0 Å². The van der Waals surface area contributed by atoms with Crippen molar-refractivity contribution in [2.24, 2.45) is 0 Å². The van der Waals surface area contributed by atoms with Crippen LogP contribution in [-0.2, 0) is 14.8 Å². The molecule has 1 unspecified atom stereocenters. The van der Waals surface area contributed by atoms with Gasteiger partial charge in [0.1, 0.15) is 6.04 Å². The van der Waals surface area contributed by atoms with E-state index < -0.39 is 16.1 Å². The van der Waals surface area contributed by atoms with Crippen LogP contribution in [0.5, 0.6) is 0 Å². The Kier molecular flexibility index (Phi) is 7.95. The number of hydrogen-bond donors (Lipinski definition) is 1. The monoisotopic (exact) mass is 420 g/mol. The van der Waals surface area contributed by atoms with Crippen LogP contribution in [0.25, 0.3) is 0 Å². The van der Waals surface area contributed by atoms with E-state index in [1.807, 2.05) is 26.8 Å². The Morgan fingerprint density at radius 1 is 1.11 bits per heavy atom. The second-order valence-electron chi connectivity index (χ2n) is 6.77. The van der Waals surface area contributed by atoms with E-state index in [4.69, 9.17) is 0 Å². The van der Waals surface area contributed by atoms with Gasteiger partial charge in [-0.2, -0.15) is 0 Å². The second-order valence-corrected chi connectivity index (χ2v) is 9.80. The number of anilines is 1. The number of carbonyl (C=O) groups excluding carboxylic acids is 1. The minimum absolute atomic E-state index is 0.279. The molecule has 0 heterocycles. The summed E-state index contributed by atoms with van der Waals surface area (Å²) in [5, 5.41) is 2.89. The highest BCUT2D eigenvalue weighted by atomic mass is 32.2. The van der Waals surface area contributed by atoms with Gasteiger partial charge in [0.25, 0.3) is 0 Å². The Morgan fingerprint density at radius 3 is 2.36 bits per heavy atom. The molecule has 1 N–H and O–H groups in total. The van der Waals surface area contributed by atoms with Crippen molar-refractivity contribution in [1.82, 2.24) is 5.32 Å². The Morgan fingerprint density at radius 2 is 1.79 bits per heavy atom. The number of aryl methyl sites for hydroxylation is 2. The molecule has 0 aliphatic heterocycles. The molecule has 0 fully saturated rings. The van der Waals surface area contributed by atoms with Crippen LogP contribution < -0.4 is 9.62 Å². The average Bonchev–Trinajstić information content (AvgIpc) is 2.63. The first-order chi connectivity index (χ1) is 13.2. The largest absolute Gasteiger partial charge is 0.353 e. The van der Waals surface area contributed by atoms with E-state index in [0.29, 0.717) is 24.4 Å². The van der Waals surface area contributed by atoms with E-state index in [1.165, 1.54) is 9.87 Å². The normalized spacial score (nSPS) is 12.4. The van der Waals surface area contributed by atoms with Crippen molar-refractivity contribution in [3.05, 3.63) is 59.7 Å². The van der Waals surface area contributed by atoms with Gasteiger partial charge in [-0.25, -0.2) is 8.42 Å². The first kappa shape index (κ1) is 22.3. The summed E-state index contributed by atoms with van der Waals surface area (Å²) in [4.78, 5) is 13.9. The van der Waals surface area contributed by atoms with Crippen molar-refractivity contribution in [3.8, 4) is 0 Å².